The maximum absolute atomic E-state index is 5.73. The summed E-state index contributed by atoms with van der Waals surface area (Å²) in [6.45, 7) is 6.68. The molecule has 0 aliphatic rings. The van der Waals surface area contributed by atoms with Crippen LogP contribution in [0.15, 0.2) is 71.3 Å². The van der Waals surface area contributed by atoms with E-state index in [-0.39, 0.29) is 11.5 Å². The summed E-state index contributed by atoms with van der Waals surface area (Å²) in [6, 6.07) is 20.1. The molecule has 0 fully saturated rings. The van der Waals surface area contributed by atoms with Crippen LogP contribution in [0.5, 0.6) is 0 Å². The summed E-state index contributed by atoms with van der Waals surface area (Å²) in [4.78, 5) is 13.4. The average molecular weight is 370 g/mol. The molecule has 28 heavy (non-hydrogen) atoms. The highest BCUT2D eigenvalue weighted by Crippen LogP contribution is 2.41. The third-order valence-electron chi connectivity index (χ3n) is 5.08. The fourth-order valence-corrected chi connectivity index (χ4v) is 3.91. The van der Waals surface area contributed by atoms with Crippen LogP contribution in [0.3, 0.4) is 0 Å². The molecule has 0 saturated carbocycles. The zero-order valence-electron chi connectivity index (χ0n) is 16.2. The number of imidazole rings is 2. The van der Waals surface area contributed by atoms with Crippen LogP contribution >= 0.6 is 0 Å². The third-order valence-corrected chi connectivity index (χ3v) is 5.08. The van der Waals surface area contributed by atoms with Crippen LogP contribution in [-0.4, -0.2) is 19.5 Å². The lowest BCUT2D eigenvalue weighted by Crippen LogP contribution is -2.27. The van der Waals surface area contributed by atoms with Gasteiger partial charge in [-0.2, -0.15) is 0 Å². The monoisotopic (exact) mass is 370 g/mol. The summed E-state index contributed by atoms with van der Waals surface area (Å²) < 4.78 is 7.99. The topological polar surface area (TPSA) is 59.6 Å². The molecular formula is C23H22N4O. The van der Waals surface area contributed by atoms with Gasteiger partial charge in [-0.3, -0.25) is 0 Å². The minimum atomic E-state index is -0.112. The van der Waals surface area contributed by atoms with Gasteiger partial charge in [0.1, 0.15) is 5.82 Å². The Bertz CT molecular complexity index is 1220. The zero-order valence-corrected chi connectivity index (χ0v) is 16.2. The van der Waals surface area contributed by atoms with Gasteiger partial charge >= 0.3 is 0 Å². The Labute approximate surface area is 163 Å². The Morgan fingerprint density at radius 2 is 1.64 bits per heavy atom. The molecule has 0 amide bonds. The maximum Gasteiger partial charge on any atom is 0.177 e. The van der Waals surface area contributed by atoms with Crippen molar-refractivity contribution in [1.29, 1.82) is 0 Å². The number of H-pyrrole nitrogens is 1. The molecule has 0 bridgehead atoms. The number of fused-ring (bicyclic) bond motifs is 2. The number of para-hydroxylation sites is 4. The summed E-state index contributed by atoms with van der Waals surface area (Å²) in [7, 11) is 0. The Hall–Kier alpha value is -3.34. The van der Waals surface area contributed by atoms with E-state index in [0.717, 1.165) is 39.5 Å². The van der Waals surface area contributed by atoms with Crippen molar-refractivity contribution in [3.05, 3.63) is 72.8 Å². The van der Waals surface area contributed by atoms with Gasteiger partial charge in [0.05, 0.1) is 34.4 Å². The number of furan rings is 1. The highest BCUT2D eigenvalue weighted by Gasteiger charge is 2.34. The van der Waals surface area contributed by atoms with Crippen LogP contribution in [0, 0.1) is 5.41 Å². The van der Waals surface area contributed by atoms with Gasteiger partial charge in [-0.15, -0.1) is 0 Å². The van der Waals surface area contributed by atoms with E-state index in [2.05, 4.69) is 42.5 Å². The number of aromatic amines is 1. The second kappa shape index (κ2) is 6.09. The Morgan fingerprint density at radius 1 is 0.893 bits per heavy atom. The van der Waals surface area contributed by atoms with Crippen molar-refractivity contribution in [2.75, 3.05) is 0 Å². The van der Waals surface area contributed by atoms with Gasteiger partial charge in [-0.25, -0.2) is 9.97 Å². The van der Waals surface area contributed by atoms with E-state index in [4.69, 9.17) is 14.4 Å². The first-order valence-electron chi connectivity index (χ1n) is 9.48. The summed E-state index contributed by atoms with van der Waals surface area (Å²) in [6.07, 6.45) is 1.69. The molecule has 3 heterocycles. The van der Waals surface area contributed by atoms with Crippen molar-refractivity contribution in [3.8, 4) is 11.6 Å². The number of hydrogen-bond acceptors (Lipinski definition) is 3. The van der Waals surface area contributed by atoms with E-state index >= 15 is 0 Å². The van der Waals surface area contributed by atoms with E-state index in [1.165, 1.54) is 0 Å². The fraction of sp³-hybridized carbons (Fsp3) is 0.217. The van der Waals surface area contributed by atoms with Crippen molar-refractivity contribution in [2.24, 2.45) is 5.41 Å². The van der Waals surface area contributed by atoms with Gasteiger partial charge in [-0.1, -0.05) is 45.0 Å². The van der Waals surface area contributed by atoms with E-state index in [0.29, 0.717) is 0 Å². The van der Waals surface area contributed by atoms with E-state index in [9.17, 15) is 0 Å². The molecule has 2 aromatic carbocycles. The summed E-state index contributed by atoms with van der Waals surface area (Å²) in [5.74, 6) is 2.48. The molecule has 0 aliphatic carbocycles. The largest absolute Gasteiger partial charge is 0.461 e. The van der Waals surface area contributed by atoms with Crippen molar-refractivity contribution >= 4 is 22.1 Å². The van der Waals surface area contributed by atoms with Crippen molar-refractivity contribution in [2.45, 2.75) is 26.8 Å². The minimum Gasteiger partial charge on any atom is -0.461 e. The number of hydrogen-bond donors (Lipinski definition) is 1. The Kier molecular flexibility index (Phi) is 3.66. The molecule has 1 N–H and O–H groups in total. The Balaban J connectivity index is 1.82. The molecule has 1 atom stereocenters. The summed E-state index contributed by atoms with van der Waals surface area (Å²) >= 11 is 0. The number of aromatic nitrogens is 4. The molecule has 140 valence electrons. The molecule has 5 rings (SSSR count). The first-order chi connectivity index (χ1) is 13.5. The third kappa shape index (κ3) is 2.62. The summed E-state index contributed by atoms with van der Waals surface area (Å²) in [5.41, 5.74) is 3.90. The zero-order chi connectivity index (χ0) is 19.3. The molecule has 5 heteroatoms. The molecule has 0 radical (unpaired) electrons. The highest BCUT2D eigenvalue weighted by molar-refractivity contribution is 5.80. The van der Waals surface area contributed by atoms with Crippen LogP contribution < -0.4 is 0 Å². The highest BCUT2D eigenvalue weighted by atomic mass is 16.3. The molecule has 0 spiro atoms. The van der Waals surface area contributed by atoms with Gasteiger partial charge in [0.15, 0.2) is 11.6 Å². The predicted molar refractivity (Wildman–Crippen MR) is 111 cm³/mol. The van der Waals surface area contributed by atoms with Crippen LogP contribution in [0.25, 0.3) is 33.7 Å². The number of nitrogens with zero attached hydrogens (tertiary/aromatic N) is 3. The van der Waals surface area contributed by atoms with Crippen LogP contribution in [0.1, 0.15) is 32.6 Å². The molecule has 5 aromatic rings. The minimum absolute atomic E-state index is 0.0487. The van der Waals surface area contributed by atoms with Gasteiger partial charge in [-0.05, 0) is 41.8 Å². The second-order valence-corrected chi connectivity index (χ2v) is 8.18. The lowest BCUT2D eigenvalue weighted by atomic mass is 9.85. The molecule has 0 saturated heterocycles. The van der Waals surface area contributed by atoms with E-state index in [1.807, 2.05) is 48.5 Å². The maximum atomic E-state index is 5.73. The normalized spacial score (nSPS) is 13.4. The standard InChI is InChI=1S/C23H22N4O/c1-23(2,3)20(21-24-15-9-4-5-10-16(15)25-21)27-18-12-7-6-11-17(18)26-22(27)19-13-8-14-28-19/h4-14,20H,1-3H3,(H,24,25). The van der Waals surface area contributed by atoms with E-state index in [1.54, 1.807) is 6.26 Å². The van der Waals surface area contributed by atoms with Gasteiger partial charge in [0.2, 0.25) is 0 Å². The van der Waals surface area contributed by atoms with Crippen molar-refractivity contribution in [1.82, 2.24) is 19.5 Å². The van der Waals surface area contributed by atoms with E-state index < -0.39 is 0 Å². The number of benzene rings is 2. The quantitative estimate of drug-likeness (QED) is 0.436. The smallest absolute Gasteiger partial charge is 0.177 e. The molecule has 5 nitrogen and oxygen atoms in total. The Morgan fingerprint density at radius 3 is 2.36 bits per heavy atom. The molecule has 1 unspecified atom stereocenters. The lowest BCUT2D eigenvalue weighted by Gasteiger charge is -2.31. The summed E-state index contributed by atoms with van der Waals surface area (Å²) in [5, 5.41) is 0. The van der Waals surface area contributed by atoms with Crippen LogP contribution in [-0.2, 0) is 0 Å². The van der Waals surface area contributed by atoms with Crippen molar-refractivity contribution in [3.63, 3.8) is 0 Å². The number of rotatable bonds is 3. The van der Waals surface area contributed by atoms with Crippen LogP contribution in [0.4, 0.5) is 0 Å². The van der Waals surface area contributed by atoms with Crippen molar-refractivity contribution < 1.29 is 4.42 Å². The number of nitrogens with one attached hydrogen (secondary N) is 1. The second-order valence-electron chi connectivity index (χ2n) is 8.18. The van der Waals surface area contributed by atoms with Gasteiger partial charge in [0, 0.05) is 0 Å². The predicted octanol–water partition coefficient (Wildman–Crippen LogP) is 5.81. The molecular weight excluding hydrogens is 348 g/mol. The van der Waals surface area contributed by atoms with Gasteiger partial charge in [0.25, 0.3) is 0 Å². The SMILES string of the molecule is CC(C)(C)C(c1nc2ccccc2[nH]1)n1c(-c2ccco2)nc2ccccc21. The average Bonchev–Trinajstić information content (AvgIpc) is 3.39. The lowest BCUT2D eigenvalue weighted by molar-refractivity contribution is 0.280. The fourth-order valence-electron chi connectivity index (χ4n) is 3.91. The first-order valence-corrected chi connectivity index (χ1v) is 9.48. The van der Waals surface area contributed by atoms with Gasteiger partial charge < -0.3 is 14.0 Å². The molecule has 0 aliphatic heterocycles. The van der Waals surface area contributed by atoms with Crippen LogP contribution in [0.2, 0.25) is 0 Å². The first kappa shape index (κ1) is 16.8. The molecule has 3 aromatic heterocycles.